The molecule has 2 aromatic carbocycles. The maximum atomic E-state index is 13.9. The number of hydrogen-bond acceptors (Lipinski definition) is 1. The quantitative estimate of drug-likeness (QED) is 0.608. The molecule has 0 fully saturated rings. The van der Waals surface area contributed by atoms with Gasteiger partial charge < -0.3 is 0 Å². The van der Waals surface area contributed by atoms with E-state index in [0.717, 1.165) is 17.2 Å². The molecule has 0 N–H and O–H groups in total. The van der Waals surface area contributed by atoms with Crippen LogP contribution < -0.4 is 0 Å². The van der Waals surface area contributed by atoms with Crippen LogP contribution in [0.2, 0.25) is 10.0 Å². The molecular formula is C16H10Cl2F2N2. The number of halogens is 4. The lowest BCUT2D eigenvalue weighted by Gasteiger charge is -2.03. The van der Waals surface area contributed by atoms with E-state index in [1.165, 1.54) is 16.8 Å². The maximum Gasteiger partial charge on any atom is 0.151 e. The van der Waals surface area contributed by atoms with Gasteiger partial charge in [0.25, 0.3) is 0 Å². The summed E-state index contributed by atoms with van der Waals surface area (Å²) in [5.41, 5.74) is 2.34. The van der Waals surface area contributed by atoms with Crippen LogP contribution in [-0.4, -0.2) is 9.78 Å². The Hall–Kier alpha value is -1.91. The fraction of sp³-hybridized carbons (Fsp3) is 0.0625. The van der Waals surface area contributed by atoms with Crippen LogP contribution >= 0.6 is 23.2 Å². The molecule has 1 aromatic heterocycles. The second kappa shape index (κ2) is 5.71. The van der Waals surface area contributed by atoms with E-state index < -0.39 is 11.6 Å². The van der Waals surface area contributed by atoms with E-state index in [2.05, 4.69) is 5.10 Å². The maximum absolute atomic E-state index is 13.9. The smallest absolute Gasteiger partial charge is 0.151 e. The summed E-state index contributed by atoms with van der Waals surface area (Å²) in [6.07, 6.45) is 1.65. The predicted molar refractivity (Wildman–Crippen MR) is 83.7 cm³/mol. The Labute approximate surface area is 135 Å². The molecule has 22 heavy (non-hydrogen) atoms. The fourth-order valence-corrected chi connectivity index (χ4v) is 2.73. The van der Waals surface area contributed by atoms with Crippen LogP contribution in [0.3, 0.4) is 0 Å². The van der Waals surface area contributed by atoms with Gasteiger partial charge in [-0.15, -0.1) is 0 Å². The molecule has 0 amide bonds. The summed E-state index contributed by atoms with van der Waals surface area (Å²) >= 11 is 12.1. The average Bonchev–Trinajstić information content (AvgIpc) is 2.80. The largest absolute Gasteiger partial charge is 0.237 e. The van der Waals surface area contributed by atoms with Crippen molar-refractivity contribution in [3.05, 3.63) is 70.0 Å². The zero-order valence-electron chi connectivity index (χ0n) is 11.4. The van der Waals surface area contributed by atoms with Crippen LogP contribution in [0.5, 0.6) is 0 Å². The number of benzene rings is 2. The van der Waals surface area contributed by atoms with Crippen LogP contribution in [0.4, 0.5) is 8.78 Å². The zero-order chi connectivity index (χ0) is 15.9. The summed E-state index contributed by atoms with van der Waals surface area (Å²) in [4.78, 5) is 0. The van der Waals surface area contributed by atoms with E-state index in [0.29, 0.717) is 15.7 Å². The molecule has 0 atom stereocenters. The third-order valence-electron chi connectivity index (χ3n) is 3.28. The molecule has 0 saturated heterocycles. The predicted octanol–water partition coefficient (Wildman–Crippen LogP) is 5.43. The first-order valence-electron chi connectivity index (χ1n) is 6.43. The highest BCUT2D eigenvalue weighted by Crippen LogP contribution is 2.32. The highest BCUT2D eigenvalue weighted by Gasteiger charge is 2.14. The molecule has 0 saturated carbocycles. The van der Waals surface area contributed by atoms with Crippen molar-refractivity contribution < 1.29 is 8.78 Å². The summed E-state index contributed by atoms with van der Waals surface area (Å²) in [6, 6.07) is 8.47. The van der Waals surface area contributed by atoms with Crippen molar-refractivity contribution in [1.29, 1.82) is 0 Å². The molecule has 0 aliphatic heterocycles. The van der Waals surface area contributed by atoms with Gasteiger partial charge in [0, 0.05) is 33.4 Å². The summed E-state index contributed by atoms with van der Waals surface area (Å²) in [5, 5.41) is 5.29. The van der Waals surface area contributed by atoms with Gasteiger partial charge in [0.1, 0.15) is 11.5 Å². The van der Waals surface area contributed by atoms with Gasteiger partial charge in [-0.25, -0.2) is 13.5 Å². The number of hydrogen-bond donors (Lipinski definition) is 0. The minimum atomic E-state index is -0.684. The van der Waals surface area contributed by atoms with E-state index in [4.69, 9.17) is 23.2 Å². The first kappa shape index (κ1) is 15.0. The SMILES string of the molecule is Cc1nn(-c2ccc(F)cc2F)cc1-c1ccc(Cl)cc1Cl. The Bertz CT molecular complexity index is 859. The third-order valence-corrected chi connectivity index (χ3v) is 3.82. The molecule has 0 aliphatic rings. The summed E-state index contributed by atoms with van der Waals surface area (Å²) in [5.74, 6) is -1.32. The Morgan fingerprint density at radius 3 is 2.45 bits per heavy atom. The fourth-order valence-electron chi connectivity index (χ4n) is 2.22. The van der Waals surface area contributed by atoms with Crippen LogP contribution in [0.15, 0.2) is 42.6 Å². The summed E-state index contributed by atoms with van der Waals surface area (Å²) < 4.78 is 28.2. The Morgan fingerprint density at radius 2 is 1.77 bits per heavy atom. The first-order chi connectivity index (χ1) is 10.5. The average molecular weight is 339 g/mol. The van der Waals surface area contributed by atoms with Gasteiger partial charge in [0.05, 0.1) is 5.69 Å². The van der Waals surface area contributed by atoms with Crippen molar-refractivity contribution >= 4 is 23.2 Å². The molecule has 112 valence electrons. The van der Waals surface area contributed by atoms with Crippen molar-refractivity contribution in [2.24, 2.45) is 0 Å². The van der Waals surface area contributed by atoms with Gasteiger partial charge >= 0.3 is 0 Å². The normalized spacial score (nSPS) is 11.0. The van der Waals surface area contributed by atoms with E-state index >= 15 is 0 Å². The van der Waals surface area contributed by atoms with E-state index in [9.17, 15) is 8.78 Å². The Balaban J connectivity index is 2.11. The van der Waals surface area contributed by atoms with Gasteiger partial charge in [0.2, 0.25) is 0 Å². The molecule has 0 aliphatic carbocycles. The third kappa shape index (κ3) is 2.72. The number of aryl methyl sites for hydroxylation is 1. The van der Waals surface area contributed by atoms with Gasteiger partial charge in [-0.2, -0.15) is 5.10 Å². The van der Waals surface area contributed by atoms with Crippen molar-refractivity contribution in [3.63, 3.8) is 0 Å². The first-order valence-corrected chi connectivity index (χ1v) is 7.18. The second-order valence-corrected chi connectivity index (χ2v) is 5.64. The highest BCUT2D eigenvalue weighted by molar-refractivity contribution is 6.36. The molecule has 2 nitrogen and oxygen atoms in total. The van der Waals surface area contributed by atoms with Crippen LogP contribution in [0, 0.1) is 18.6 Å². The van der Waals surface area contributed by atoms with Crippen LogP contribution in [0.1, 0.15) is 5.69 Å². The van der Waals surface area contributed by atoms with E-state index in [-0.39, 0.29) is 5.69 Å². The zero-order valence-corrected chi connectivity index (χ0v) is 13.0. The van der Waals surface area contributed by atoms with Gasteiger partial charge in [0.15, 0.2) is 5.82 Å². The number of rotatable bonds is 2. The molecule has 0 radical (unpaired) electrons. The molecular weight excluding hydrogens is 329 g/mol. The van der Waals surface area contributed by atoms with E-state index in [1.807, 2.05) is 0 Å². The van der Waals surface area contributed by atoms with Gasteiger partial charge in [-0.05, 0) is 31.2 Å². The molecule has 0 unspecified atom stereocenters. The van der Waals surface area contributed by atoms with Gasteiger partial charge in [-0.1, -0.05) is 29.3 Å². The standard InChI is InChI=1S/C16H10Cl2F2N2/c1-9-13(12-4-2-10(17)6-14(12)18)8-22(21-9)16-5-3-11(19)7-15(16)20/h2-8H,1H3. The monoisotopic (exact) mass is 338 g/mol. The van der Waals surface area contributed by atoms with E-state index in [1.54, 1.807) is 31.3 Å². The molecule has 1 heterocycles. The molecule has 3 rings (SSSR count). The summed E-state index contributed by atoms with van der Waals surface area (Å²) in [7, 11) is 0. The lowest BCUT2D eigenvalue weighted by Crippen LogP contribution is -1.98. The number of nitrogens with zero attached hydrogens (tertiary/aromatic N) is 2. The highest BCUT2D eigenvalue weighted by atomic mass is 35.5. The van der Waals surface area contributed by atoms with Crippen LogP contribution in [-0.2, 0) is 0 Å². The van der Waals surface area contributed by atoms with Crippen LogP contribution in [0.25, 0.3) is 16.8 Å². The second-order valence-electron chi connectivity index (χ2n) is 4.79. The minimum Gasteiger partial charge on any atom is -0.237 e. The lowest BCUT2D eigenvalue weighted by molar-refractivity contribution is 0.573. The molecule has 0 bridgehead atoms. The molecule has 6 heteroatoms. The van der Waals surface area contributed by atoms with Crippen molar-refractivity contribution in [1.82, 2.24) is 9.78 Å². The van der Waals surface area contributed by atoms with Crippen molar-refractivity contribution in [2.45, 2.75) is 6.92 Å². The Morgan fingerprint density at radius 1 is 1.00 bits per heavy atom. The van der Waals surface area contributed by atoms with Crippen molar-refractivity contribution in [3.8, 4) is 16.8 Å². The number of aromatic nitrogens is 2. The Kier molecular flexibility index (Phi) is 3.89. The molecule has 3 aromatic rings. The lowest BCUT2D eigenvalue weighted by atomic mass is 10.1. The summed E-state index contributed by atoms with van der Waals surface area (Å²) in [6.45, 7) is 1.79. The topological polar surface area (TPSA) is 17.8 Å². The molecule has 0 spiro atoms. The van der Waals surface area contributed by atoms with Crippen molar-refractivity contribution in [2.75, 3.05) is 0 Å². The minimum absolute atomic E-state index is 0.167. The van der Waals surface area contributed by atoms with Gasteiger partial charge in [-0.3, -0.25) is 0 Å².